The highest BCUT2D eigenvalue weighted by atomic mass is 16.5. The number of hydrogen-bond donors (Lipinski definition) is 0. The Balaban J connectivity index is 1.54. The minimum Gasteiger partial charge on any atom is -0.427 e. The summed E-state index contributed by atoms with van der Waals surface area (Å²) in [4.78, 5) is 12.0. The Labute approximate surface area is 176 Å². The molecule has 1 aliphatic rings. The minimum atomic E-state index is -0.121. The van der Waals surface area contributed by atoms with Crippen molar-refractivity contribution in [3.8, 4) is 16.9 Å². The quantitative estimate of drug-likeness (QED) is 0.237. The Morgan fingerprint density at radius 1 is 0.897 bits per heavy atom. The second-order valence-electron chi connectivity index (χ2n) is 8.54. The van der Waals surface area contributed by atoms with E-state index in [0.29, 0.717) is 12.2 Å². The molecule has 2 nitrogen and oxygen atoms in total. The average molecular weight is 393 g/mol. The zero-order valence-electron chi connectivity index (χ0n) is 18.2. The standard InChI is InChI=1S/C27H36O2/c1-3-5-6-7-8-10-27(28)29-26-17-15-22(16-18-26)24-14-13-23-19-21(9-4-2)11-12-25(23)20-24/h13-18,20-21H,3-12,19H2,1-2H3. The molecule has 2 aromatic rings. The molecule has 0 saturated heterocycles. The van der Waals surface area contributed by atoms with Crippen molar-refractivity contribution in [1.82, 2.24) is 0 Å². The molecule has 0 aliphatic heterocycles. The van der Waals surface area contributed by atoms with Crippen LogP contribution in [0.1, 0.15) is 82.8 Å². The molecule has 0 saturated carbocycles. The van der Waals surface area contributed by atoms with Crippen molar-refractivity contribution >= 4 is 5.97 Å². The summed E-state index contributed by atoms with van der Waals surface area (Å²) in [5, 5.41) is 0. The van der Waals surface area contributed by atoms with E-state index < -0.39 is 0 Å². The summed E-state index contributed by atoms with van der Waals surface area (Å²) >= 11 is 0. The number of rotatable bonds is 10. The predicted molar refractivity (Wildman–Crippen MR) is 121 cm³/mol. The Morgan fingerprint density at radius 3 is 2.41 bits per heavy atom. The summed E-state index contributed by atoms with van der Waals surface area (Å²) in [5.41, 5.74) is 5.48. The summed E-state index contributed by atoms with van der Waals surface area (Å²) in [7, 11) is 0. The van der Waals surface area contributed by atoms with E-state index in [1.807, 2.05) is 12.1 Å². The van der Waals surface area contributed by atoms with E-state index in [4.69, 9.17) is 4.74 Å². The second-order valence-corrected chi connectivity index (χ2v) is 8.54. The maximum absolute atomic E-state index is 12.0. The fraction of sp³-hybridized carbons (Fsp3) is 0.519. The summed E-state index contributed by atoms with van der Waals surface area (Å²) in [6.45, 7) is 4.48. The highest BCUT2D eigenvalue weighted by Crippen LogP contribution is 2.32. The number of unbranched alkanes of at least 4 members (excludes halogenated alkanes) is 4. The number of ether oxygens (including phenoxy) is 1. The van der Waals surface area contributed by atoms with Crippen molar-refractivity contribution in [2.45, 2.75) is 84.5 Å². The third-order valence-electron chi connectivity index (χ3n) is 6.14. The van der Waals surface area contributed by atoms with E-state index in [0.717, 1.165) is 18.8 Å². The lowest BCUT2D eigenvalue weighted by molar-refractivity contribution is -0.134. The molecule has 0 radical (unpaired) electrons. The van der Waals surface area contributed by atoms with Gasteiger partial charge in [0.25, 0.3) is 0 Å². The van der Waals surface area contributed by atoms with Gasteiger partial charge in [0.15, 0.2) is 0 Å². The molecule has 156 valence electrons. The Bertz CT molecular complexity index is 776. The zero-order chi connectivity index (χ0) is 20.5. The maximum Gasteiger partial charge on any atom is 0.311 e. The third-order valence-corrected chi connectivity index (χ3v) is 6.14. The first-order chi connectivity index (χ1) is 14.2. The van der Waals surface area contributed by atoms with Crippen LogP contribution in [-0.4, -0.2) is 5.97 Å². The van der Waals surface area contributed by atoms with E-state index >= 15 is 0 Å². The van der Waals surface area contributed by atoms with Crippen LogP contribution in [0.5, 0.6) is 5.75 Å². The van der Waals surface area contributed by atoms with E-state index in [1.165, 1.54) is 73.6 Å². The van der Waals surface area contributed by atoms with Gasteiger partial charge >= 0.3 is 5.97 Å². The van der Waals surface area contributed by atoms with Crippen LogP contribution < -0.4 is 4.74 Å². The number of aryl methyl sites for hydroxylation is 1. The van der Waals surface area contributed by atoms with Crippen LogP contribution in [0, 0.1) is 5.92 Å². The normalized spacial score (nSPS) is 15.7. The van der Waals surface area contributed by atoms with Crippen molar-refractivity contribution in [3.05, 3.63) is 53.6 Å². The van der Waals surface area contributed by atoms with Gasteiger partial charge in [0.05, 0.1) is 0 Å². The minimum absolute atomic E-state index is 0.121. The topological polar surface area (TPSA) is 26.3 Å². The molecule has 3 rings (SSSR count). The zero-order valence-corrected chi connectivity index (χ0v) is 18.2. The molecule has 2 aromatic carbocycles. The van der Waals surface area contributed by atoms with Gasteiger partial charge < -0.3 is 4.74 Å². The Morgan fingerprint density at radius 2 is 1.66 bits per heavy atom. The van der Waals surface area contributed by atoms with Crippen LogP contribution >= 0.6 is 0 Å². The van der Waals surface area contributed by atoms with Crippen molar-refractivity contribution in [2.24, 2.45) is 5.92 Å². The van der Waals surface area contributed by atoms with Gasteiger partial charge in [-0.1, -0.05) is 82.7 Å². The van der Waals surface area contributed by atoms with Gasteiger partial charge in [-0.05, 0) is 66.0 Å². The summed E-state index contributed by atoms with van der Waals surface area (Å²) < 4.78 is 5.50. The first-order valence-electron chi connectivity index (χ1n) is 11.6. The van der Waals surface area contributed by atoms with Crippen LogP contribution in [0.25, 0.3) is 11.1 Å². The number of hydrogen-bond acceptors (Lipinski definition) is 2. The van der Waals surface area contributed by atoms with E-state index in [9.17, 15) is 4.79 Å². The summed E-state index contributed by atoms with van der Waals surface area (Å²) in [6.07, 6.45) is 12.6. The largest absolute Gasteiger partial charge is 0.427 e. The molecule has 1 unspecified atom stereocenters. The van der Waals surface area contributed by atoms with Gasteiger partial charge in [0, 0.05) is 6.42 Å². The van der Waals surface area contributed by atoms with Crippen LogP contribution in [-0.2, 0) is 17.6 Å². The van der Waals surface area contributed by atoms with E-state index in [2.05, 4.69) is 44.2 Å². The lowest BCUT2D eigenvalue weighted by Gasteiger charge is -2.24. The van der Waals surface area contributed by atoms with Gasteiger partial charge in [-0.25, -0.2) is 0 Å². The first kappa shape index (κ1) is 21.6. The van der Waals surface area contributed by atoms with E-state index in [1.54, 1.807) is 0 Å². The molecule has 0 aromatic heterocycles. The summed E-state index contributed by atoms with van der Waals surface area (Å²) in [5.74, 6) is 1.39. The lowest BCUT2D eigenvalue weighted by Crippen LogP contribution is -2.14. The van der Waals surface area contributed by atoms with Crippen molar-refractivity contribution in [1.29, 1.82) is 0 Å². The molecular formula is C27H36O2. The third kappa shape index (κ3) is 6.45. The fourth-order valence-electron chi connectivity index (χ4n) is 4.44. The predicted octanol–water partition coefficient (Wildman–Crippen LogP) is 7.52. The molecule has 0 spiro atoms. The maximum atomic E-state index is 12.0. The van der Waals surface area contributed by atoms with Gasteiger partial charge in [0.1, 0.15) is 5.75 Å². The highest BCUT2D eigenvalue weighted by molar-refractivity contribution is 5.73. The molecule has 0 amide bonds. The first-order valence-corrected chi connectivity index (χ1v) is 11.6. The number of carbonyl (C=O) groups excluding carboxylic acids is 1. The lowest BCUT2D eigenvalue weighted by atomic mass is 9.81. The van der Waals surface area contributed by atoms with Gasteiger partial charge in [-0.2, -0.15) is 0 Å². The molecule has 29 heavy (non-hydrogen) atoms. The average Bonchev–Trinajstić information content (AvgIpc) is 2.74. The number of fused-ring (bicyclic) bond motifs is 1. The smallest absolute Gasteiger partial charge is 0.311 e. The van der Waals surface area contributed by atoms with Crippen LogP contribution in [0.2, 0.25) is 0 Å². The summed E-state index contributed by atoms with van der Waals surface area (Å²) in [6, 6.07) is 14.9. The molecule has 0 fully saturated rings. The van der Waals surface area contributed by atoms with Gasteiger partial charge in [-0.3, -0.25) is 4.79 Å². The molecule has 0 heterocycles. The second kappa shape index (κ2) is 11.2. The molecule has 2 heteroatoms. The monoisotopic (exact) mass is 392 g/mol. The van der Waals surface area contributed by atoms with Crippen LogP contribution in [0.3, 0.4) is 0 Å². The number of benzene rings is 2. The molecular weight excluding hydrogens is 356 g/mol. The van der Waals surface area contributed by atoms with E-state index in [-0.39, 0.29) is 5.97 Å². The molecule has 1 atom stereocenters. The van der Waals surface area contributed by atoms with Crippen molar-refractivity contribution in [3.63, 3.8) is 0 Å². The molecule has 0 N–H and O–H groups in total. The number of esters is 1. The highest BCUT2D eigenvalue weighted by Gasteiger charge is 2.18. The van der Waals surface area contributed by atoms with Crippen molar-refractivity contribution in [2.75, 3.05) is 0 Å². The number of carbonyl (C=O) groups is 1. The fourth-order valence-corrected chi connectivity index (χ4v) is 4.44. The van der Waals surface area contributed by atoms with Crippen LogP contribution in [0.4, 0.5) is 0 Å². The molecule has 0 bridgehead atoms. The Kier molecular flexibility index (Phi) is 8.34. The van der Waals surface area contributed by atoms with Crippen LogP contribution in [0.15, 0.2) is 42.5 Å². The van der Waals surface area contributed by atoms with Gasteiger partial charge in [-0.15, -0.1) is 0 Å². The Hall–Kier alpha value is -2.09. The molecule has 1 aliphatic carbocycles. The van der Waals surface area contributed by atoms with Gasteiger partial charge in [0.2, 0.25) is 0 Å². The SMILES string of the molecule is CCCCCCCC(=O)Oc1ccc(-c2ccc3c(c2)CCC(CCC)C3)cc1. The van der Waals surface area contributed by atoms with Crippen molar-refractivity contribution < 1.29 is 9.53 Å².